The van der Waals surface area contributed by atoms with Crippen molar-refractivity contribution in [2.45, 2.75) is 20.1 Å². The summed E-state index contributed by atoms with van der Waals surface area (Å²) in [6, 6.07) is 2.31. The minimum absolute atomic E-state index is 0.0826. The Hall–Kier alpha value is -3.08. The number of benzene rings is 1. The van der Waals surface area contributed by atoms with Crippen LogP contribution in [0.25, 0.3) is 11.0 Å². The fraction of sp³-hybridized carbons (Fsp3) is 0.188. The van der Waals surface area contributed by atoms with Gasteiger partial charge in [-0.3, -0.25) is 0 Å². The lowest BCUT2D eigenvalue weighted by Crippen LogP contribution is -2.28. The van der Waals surface area contributed by atoms with Crippen LogP contribution in [0.15, 0.2) is 28.9 Å². The zero-order valence-electron chi connectivity index (χ0n) is 14.3. The molecule has 1 aromatic carbocycles. The molecule has 3 aromatic rings. The number of aryl methyl sites for hydroxylation is 1. The van der Waals surface area contributed by atoms with Crippen LogP contribution in [0.2, 0.25) is 5.02 Å². The van der Waals surface area contributed by atoms with E-state index in [4.69, 9.17) is 21.8 Å². The zero-order valence-corrected chi connectivity index (χ0v) is 15.0. The van der Waals surface area contributed by atoms with Crippen molar-refractivity contribution in [1.82, 2.24) is 15.3 Å². The van der Waals surface area contributed by atoms with Gasteiger partial charge in [-0.05, 0) is 19.1 Å². The number of nitrogens with one attached hydrogen (secondary N) is 2. The highest BCUT2D eigenvalue weighted by atomic mass is 35.5. The summed E-state index contributed by atoms with van der Waals surface area (Å²) < 4.78 is 48.3. The van der Waals surface area contributed by atoms with Gasteiger partial charge in [-0.1, -0.05) is 11.6 Å². The highest BCUT2D eigenvalue weighted by Gasteiger charge is 2.15. The molecule has 0 bridgehead atoms. The van der Waals surface area contributed by atoms with Gasteiger partial charge >= 0.3 is 12.7 Å². The molecule has 0 atom stereocenters. The van der Waals surface area contributed by atoms with Crippen LogP contribution in [0.1, 0.15) is 11.3 Å². The maximum Gasteiger partial charge on any atom is 0.379 e. The first-order valence-corrected chi connectivity index (χ1v) is 7.96. The number of nitrogens with zero attached hydrogens (tertiary/aromatic N) is 2. The number of rotatable bonds is 3. The van der Waals surface area contributed by atoms with Crippen molar-refractivity contribution < 1.29 is 26.8 Å². The summed E-state index contributed by atoms with van der Waals surface area (Å²) in [7, 11) is 0. The number of nitrogens with two attached hydrogens (primary N) is 1. The Bertz CT molecular complexity index is 963. The van der Waals surface area contributed by atoms with Crippen LogP contribution in [0.5, 0.6) is 0 Å². The van der Waals surface area contributed by atoms with E-state index in [0.29, 0.717) is 22.4 Å². The molecule has 0 spiro atoms. The van der Waals surface area contributed by atoms with Crippen molar-refractivity contribution in [3.05, 3.63) is 46.7 Å². The summed E-state index contributed by atoms with van der Waals surface area (Å²) in [5, 5.41) is 6.01. The average Bonchev–Trinajstić information content (AvgIpc) is 2.91. The summed E-state index contributed by atoms with van der Waals surface area (Å²) in [4.78, 5) is 19.4. The van der Waals surface area contributed by atoms with E-state index in [9.17, 15) is 22.4 Å². The van der Waals surface area contributed by atoms with E-state index in [-0.39, 0.29) is 23.1 Å². The molecule has 0 aliphatic carbocycles. The minimum Gasteiger partial charge on any atom is -0.456 e. The molecular weight excluding hydrogens is 406 g/mol. The van der Waals surface area contributed by atoms with Crippen molar-refractivity contribution in [3.63, 3.8) is 0 Å². The molecular formula is C16H14ClF4N5O2. The number of nitrogen functional groups attached to an aromatic ring is 1. The number of amides is 2. The molecule has 2 amide bonds. The summed E-state index contributed by atoms with van der Waals surface area (Å²) in [5.41, 5.74) is 6.58. The van der Waals surface area contributed by atoms with E-state index >= 15 is 0 Å². The molecule has 2 aromatic heterocycles. The Morgan fingerprint density at radius 2 is 1.89 bits per heavy atom. The van der Waals surface area contributed by atoms with E-state index in [1.165, 1.54) is 18.5 Å². The third kappa shape index (κ3) is 5.71. The SMILES string of the molecule is Cc1c(CNC(=O)Nc2cnc(N)nc2)oc2c(F)cc(Cl)cc12.FC(F)F. The Morgan fingerprint density at radius 1 is 1.29 bits per heavy atom. The third-order valence-corrected chi connectivity index (χ3v) is 3.61. The maximum absolute atomic E-state index is 13.9. The predicted octanol–water partition coefficient (Wildman–Crippen LogP) is 4.41. The second-order valence-corrected chi connectivity index (χ2v) is 5.74. The smallest absolute Gasteiger partial charge is 0.379 e. The van der Waals surface area contributed by atoms with Gasteiger partial charge in [0.25, 0.3) is 0 Å². The topological polar surface area (TPSA) is 106 Å². The normalized spacial score (nSPS) is 10.5. The van der Waals surface area contributed by atoms with Gasteiger partial charge in [0.1, 0.15) is 5.76 Å². The number of furan rings is 1. The van der Waals surface area contributed by atoms with Crippen LogP contribution in [-0.2, 0) is 6.54 Å². The van der Waals surface area contributed by atoms with Crippen LogP contribution < -0.4 is 16.4 Å². The first-order valence-electron chi connectivity index (χ1n) is 7.59. The number of alkyl halides is 3. The number of carbonyl (C=O) groups is 1. The summed E-state index contributed by atoms with van der Waals surface area (Å²) in [6.45, 7) is -1.82. The molecule has 3 rings (SSSR count). The number of carbonyl (C=O) groups excluding carboxylic acids is 1. The van der Waals surface area contributed by atoms with Crippen molar-refractivity contribution in [2.24, 2.45) is 0 Å². The Morgan fingerprint density at radius 3 is 2.50 bits per heavy atom. The largest absolute Gasteiger partial charge is 0.456 e. The third-order valence-electron chi connectivity index (χ3n) is 3.40. The summed E-state index contributed by atoms with van der Waals surface area (Å²) in [6.07, 6.45) is 2.76. The monoisotopic (exact) mass is 419 g/mol. The van der Waals surface area contributed by atoms with Crippen molar-refractivity contribution >= 4 is 40.2 Å². The Kier molecular flexibility index (Phi) is 6.99. The summed E-state index contributed by atoms with van der Waals surface area (Å²) >= 11 is 5.85. The number of urea groups is 1. The van der Waals surface area contributed by atoms with Crippen LogP contribution in [0.4, 0.5) is 34.0 Å². The van der Waals surface area contributed by atoms with Gasteiger partial charge in [0.2, 0.25) is 5.95 Å². The van der Waals surface area contributed by atoms with Crippen LogP contribution in [-0.4, -0.2) is 22.7 Å². The zero-order chi connectivity index (χ0) is 20.8. The van der Waals surface area contributed by atoms with Gasteiger partial charge in [0, 0.05) is 16.0 Å². The standard InChI is InChI=1S/C15H13ClFN5O2.CHF3/c1-7-10-2-8(16)3-11(17)13(10)24-12(7)6-21-15(23)22-9-4-19-14(18)20-5-9;2-1(3)4/h2-5H,6H2,1H3,(H2,18,19,20)(H2,21,22,23);1H. The Labute approximate surface area is 160 Å². The Balaban J connectivity index is 0.000000640. The molecule has 0 aliphatic heterocycles. The second kappa shape index (κ2) is 9.22. The van der Waals surface area contributed by atoms with Gasteiger partial charge in [-0.25, -0.2) is 19.2 Å². The highest BCUT2D eigenvalue weighted by Crippen LogP contribution is 2.30. The first-order chi connectivity index (χ1) is 13.2. The number of hydrogen-bond acceptors (Lipinski definition) is 5. The molecule has 4 N–H and O–H groups in total. The van der Waals surface area contributed by atoms with E-state index in [1.807, 2.05) is 0 Å². The molecule has 12 heteroatoms. The van der Waals surface area contributed by atoms with Gasteiger partial charge in [-0.2, -0.15) is 13.2 Å². The van der Waals surface area contributed by atoms with Gasteiger partial charge in [0.05, 0.1) is 24.6 Å². The lowest BCUT2D eigenvalue weighted by molar-refractivity contribution is 0.00819. The minimum atomic E-state index is -3.67. The van der Waals surface area contributed by atoms with Gasteiger partial charge in [-0.15, -0.1) is 0 Å². The van der Waals surface area contributed by atoms with E-state index in [0.717, 1.165) is 0 Å². The van der Waals surface area contributed by atoms with Gasteiger partial charge in [0.15, 0.2) is 11.4 Å². The molecule has 0 saturated carbocycles. The quantitative estimate of drug-likeness (QED) is 0.545. The van der Waals surface area contributed by atoms with Crippen LogP contribution >= 0.6 is 11.6 Å². The molecule has 150 valence electrons. The molecule has 0 aliphatic rings. The first kappa shape index (κ1) is 21.2. The molecule has 0 saturated heterocycles. The highest BCUT2D eigenvalue weighted by molar-refractivity contribution is 6.31. The number of fused-ring (bicyclic) bond motifs is 1. The number of hydrogen-bond donors (Lipinski definition) is 3. The van der Waals surface area contributed by atoms with E-state index in [2.05, 4.69) is 20.6 Å². The molecule has 0 unspecified atom stereocenters. The summed E-state index contributed by atoms with van der Waals surface area (Å²) in [5.74, 6) is 0.00439. The molecule has 0 fully saturated rings. The molecule has 7 nitrogen and oxygen atoms in total. The van der Waals surface area contributed by atoms with Crippen molar-refractivity contribution in [3.8, 4) is 0 Å². The maximum atomic E-state index is 13.9. The number of halogens is 5. The lowest BCUT2D eigenvalue weighted by Gasteiger charge is -2.06. The van der Waals surface area contributed by atoms with Gasteiger partial charge < -0.3 is 20.8 Å². The number of anilines is 2. The number of aromatic nitrogens is 2. The van der Waals surface area contributed by atoms with E-state index < -0.39 is 18.5 Å². The molecule has 2 heterocycles. The van der Waals surface area contributed by atoms with Crippen molar-refractivity contribution in [1.29, 1.82) is 0 Å². The second-order valence-electron chi connectivity index (χ2n) is 5.30. The molecule has 28 heavy (non-hydrogen) atoms. The van der Waals surface area contributed by atoms with Crippen molar-refractivity contribution in [2.75, 3.05) is 11.1 Å². The average molecular weight is 420 g/mol. The van der Waals surface area contributed by atoms with E-state index in [1.54, 1.807) is 13.0 Å². The molecule has 0 radical (unpaired) electrons. The predicted molar refractivity (Wildman–Crippen MR) is 95.3 cm³/mol. The fourth-order valence-corrected chi connectivity index (χ4v) is 2.40. The fourth-order valence-electron chi connectivity index (χ4n) is 2.20. The van der Waals surface area contributed by atoms with Crippen LogP contribution in [0, 0.1) is 12.7 Å². The van der Waals surface area contributed by atoms with Crippen LogP contribution in [0.3, 0.4) is 0 Å². The lowest BCUT2D eigenvalue weighted by atomic mass is 10.1.